The molecular formula is C12H19N3O. The largest absolute Gasteiger partial charge is 0.344 e. The number of rotatable bonds is 3. The van der Waals surface area contributed by atoms with Gasteiger partial charge >= 0.3 is 0 Å². The summed E-state index contributed by atoms with van der Waals surface area (Å²) in [7, 11) is 0. The van der Waals surface area contributed by atoms with Gasteiger partial charge in [-0.25, -0.2) is 4.98 Å². The van der Waals surface area contributed by atoms with Gasteiger partial charge in [-0.1, -0.05) is 6.07 Å². The molecule has 4 heteroatoms. The van der Waals surface area contributed by atoms with E-state index in [1.165, 1.54) is 0 Å². The Morgan fingerprint density at radius 2 is 2.12 bits per heavy atom. The van der Waals surface area contributed by atoms with Gasteiger partial charge in [0.1, 0.15) is 5.69 Å². The minimum absolute atomic E-state index is 0.124. The van der Waals surface area contributed by atoms with E-state index in [0.29, 0.717) is 5.69 Å². The van der Waals surface area contributed by atoms with Gasteiger partial charge in [-0.05, 0) is 39.8 Å². The summed E-state index contributed by atoms with van der Waals surface area (Å²) >= 11 is 0. The molecule has 0 saturated heterocycles. The molecule has 0 saturated carbocycles. The standard InChI is InChI=1S/C12H19N3O/c1-8-6-5-7-10(14-8)11(16)15-12(3,4)9(2)13/h5-7,9H,13H2,1-4H3,(H,15,16). The molecule has 88 valence electrons. The monoisotopic (exact) mass is 221 g/mol. The molecular weight excluding hydrogens is 202 g/mol. The molecule has 1 amide bonds. The van der Waals surface area contributed by atoms with Gasteiger partial charge in [0.2, 0.25) is 0 Å². The molecule has 0 spiro atoms. The van der Waals surface area contributed by atoms with Gasteiger partial charge < -0.3 is 11.1 Å². The van der Waals surface area contributed by atoms with Crippen LogP contribution in [0.15, 0.2) is 18.2 Å². The number of aromatic nitrogens is 1. The summed E-state index contributed by atoms with van der Waals surface area (Å²) in [4.78, 5) is 16.1. The quantitative estimate of drug-likeness (QED) is 0.807. The third-order valence-electron chi connectivity index (χ3n) is 2.70. The Balaban J connectivity index is 2.81. The van der Waals surface area contributed by atoms with Crippen molar-refractivity contribution in [2.45, 2.75) is 39.3 Å². The van der Waals surface area contributed by atoms with Crippen LogP contribution in [0.5, 0.6) is 0 Å². The Morgan fingerprint density at radius 1 is 1.50 bits per heavy atom. The Morgan fingerprint density at radius 3 is 2.62 bits per heavy atom. The number of hydrogen-bond donors (Lipinski definition) is 2. The van der Waals surface area contributed by atoms with Crippen molar-refractivity contribution in [3.05, 3.63) is 29.6 Å². The third-order valence-corrected chi connectivity index (χ3v) is 2.70. The van der Waals surface area contributed by atoms with Crippen LogP contribution >= 0.6 is 0 Å². The molecule has 0 aromatic carbocycles. The Labute approximate surface area is 96.3 Å². The number of carbonyl (C=O) groups excluding carboxylic acids is 1. The first-order valence-electron chi connectivity index (χ1n) is 5.34. The lowest BCUT2D eigenvalue weighted by molar-refractivity contribution is 0.0898. The predicted molar refractivity (Wildman–Crippen MR) is 64.2 cm³/mol. The maximum Gasteiger partial charge on any atom is 0.270 e. The fraction of sp³-hybridized carbons (Fsp3) is 0.500. The van der Waals surface area contributed by atoms with Crippen LogP contribution in [0, 0.1) is 6.92 Å². The van der Waals surface area contributed by atoms with Gasteiger partial charge in [-0.2, -0.15) is 0 Å². The highest BCUT2D eigenvalue weighted by Gasteiger charge is 2.25. The molecule has 0 bridgehead atoms. The second-order valence-corrected chi connectivity index (χ2v) is 4.63. The zero-order valence-corrected chi connectivity index (χ0v) is 10.2. The Bertz CT molecular complexity index is 386. The predicted octanol–water partition coefficient (Wildman–Crippen LogP) is 1.25. The first-order chi connectivity index (χ1) is 7.33. The minimum atomic E-state index is -0.442. The van der Waals surface area contributed by atoms with Gasteiger partial charge in [-0.15, -0.1) is 0 Å². The fourth-order valence-corrected chi connectivity index (χ4v) is 1.14. The SMILES string of the molecule is Cc1cccc(C(=O)NC(C)(C)C(C)N)n1. The Hall–Kier alpha value is -1.42. The third kappa shape index (κ3) is 3.03. The summed E-state index contributed by atoms with van der Waals surface area (Å²) in [6.07, 6.45) is 0. The highest BCUT2D eigenvalue weighted by Crippen LogP contribution is 2.08. The van der Waals surface area contributed by atoms with Gasteiger partial charge in [-0.3, -0.25) is 4.79 Å². The van der Waals surface area contributed by atoms with Gasteiger partial charge in [0, 0.05) is 17.3 Å². The zero-order valence-electron chi connectivity index (χ0n) is 10.2. The normalized spacial score (nSPS) is 13.3. The van der Waals surface area contributed by atoms with Crippen LogP contribution in [-0.4, -0.2) is 22.5 Å². The van der Waals surface area contributed by atoms with Crippen molar-refractivity contribution in [2.75, 3.05) is 0 Å². The summed E-state index contributed by atoms with van der Waals surface area (Å²) in [6.45, 7) is 7.51. The highest BCUT2D eigenvalue weighted by atomic mass is 16.2. The molecule has 1 heterocycles. The number of amides is 1. The number of nitrogens with zero attached hydrogens (tertiary/aromatic N) is 1. The van der Waals surface area contributed by atoms with Gasteiger partial charge in [0.05, 0.1) is 0 Å². The van der Waals surface area contributed by atoms with Crippen LogP contribution in [0.25, 0.3) is 0 Å². The molecule has 1 aromatic heterocycles. The lowest BCUT2D eigenvalue weighted by atomic mass is 9.97. The minimum Gasteiger partial charge on any atom is -0.344 e. The van der Waals surface area contributed by atoms with Crippen molar-refractivity contribution in [3.8, 4) is 0 Å². The van der Waals surface area contributed by atoms with Crippen molar-refractivity contribution >= 4 is 5.91 Å². The summed E-state index contributed by atoms with van der Waals surface area (Å²) in [6, 6.07) is 5.24. The number of pyridine rings is 1. The van der Waals surface area contributed by atoms with E-state index in [1.807, 2.05) is 39.8 Å². The summed E-state index contributed by atoms with van der Waals surface area (Å²) in [5, 5.41) is 2.87. The smallest absolute Gasteiger partial charge is 0.270 e. The van der Waals surface area contributed by atoms with Crippen LogP contribution in [0.3, 0.4) is 0 Å². The fourth-order valence-electron chi connectivity index (χ4n) is 1.14. The van der Waals surface area contributed by atoms with Crippen LogP contribution in [-0.2, 0) is 0 Å². The van der Waals surface area contributed by atoms with E-state index in [2.05, 4.69) is 10.3 Å². The second kappa shape index (κ2) is 4.61. The molecule has 1 atom stereocenters. The zero-order chi connectivity index (χ0) is 12.3. The van der Waals surface area contributed by atoms with Crippen molar-refractivity contribution in [3.63, 3.8) is 0 Å². The summed E-state index contributed by atoms with van der Waals surface area (Å²) in [5.41, 5.74) is 6.60. The maximum atomic E-state index is 11.9. The van der Waals surface area contributed by atoms with E-state index < -0.39 is 5.54 Å². The summed E-state index contributed by atoms with van der Waals surface area (Å²) < 4.78 is 0. The molecule has 16 heavy (non-hydrogen) atoms. The van der Waals surface area contributed by atoms with Gasteiger partial charge in [0.25, 0.3) is 5.91 Å². The molecule has 1 rings (SSSR count). The topological polar surface area (TPSA) is 68.0 Å². The lowest BCUT2D eigenvalue weighted by Crippen LogP contribution is -2.54. The van der Waals surface area contributed by atoms with E-state index in [9.17, 15) is 4.79 Å². The first-order valence-corrected chi connectivity index (χ1v) is 5.34. The van der Waals surface area contributed by atoms with E-state index in [0.717, 1.165) is 5.69 Å². The van der Waals surface area contributed by atoms with Crippen LogP contribution in [0.4, 0.5) is 0 Å². The highest BCUT2D eigenvalue weighted by molar-refractivity contribution is 5.92. The van der Waals surface area contributed by atoms with Crippen LogP contribution in [0.1, 0.15) is 37.0 Å². The first kappa shape index (κ1) is 12.6. The van der Waals surface area contributed by atoms with E-state index in [1.54, 1.807) is 6.07 Å². The number of nitrogens with one attached hydrogen (secondary N) is 1. The van der Waals surface area contributed by atoms with E-state index in [4.69, 9.17) is 5.73 Å². The molecule has 0 aliphatic rings. The molecule has 0 aliphatic heterocycles. The summed E-state index contributed by atoms with van der Waals surface area (Å²) in [5.74, 6) is -0.189. The second-order valence-electron chi connectivity index (χ2n) is 4.63. The molecule has 1 unspecified atom stereocenters. The lowest BCUT2D eigenvalue weighted by Gasteiger charge is -2.30. The van der Waals surface area contributed by atoms with Crippen molar-refractivity contribution in [2.24, 2.45) is 5.73 Å². The molecule has 1 aromatic rings. The van der Waals surface area contributed by atoms with Crippen molar-refractivity contribution < 1.29 is 4.79 Å². The Kier molecular flexibility index (Phi) is 3.65. The van der Waals surface area contributed by atoms with E-state index in [-0.39, 0.29) is 11.9 Å². The maximum absolute atomic E-state index is 11.9. The number of nitrogens with two attached hydrogens (primary N) is 1. The van der Waals surface area contributed by atoms with E-state index >= 15 is 0 Å². The number of carbonyl (C=O) groups is 1. The molecule has 0 fully saturated rings. The molecule has 0 aliphatic carbocycles. The number of aryl methyl sites for hydroxylation is 1. The number of hydrogen-bond acceptors (Lipinski definition) is 3. The van der Waals surface area contributed by atoms with Crippen molar-refractivity contribution in [1.82, 2.24) is 10.3 Å². The average molecular weight is 221 g/mol. The van der Waals surface area contributed by atoms with Crippen LogP contribution in [0.2, 0.25) is 0 Å². The van der Waals surface area contributed by atoms with Crippen LogP contribution < -0.4 is 11.1 Å². The molecule has 4 nitrogen and oxygen atoms in total. The van der Waals surface area contributed by atoms with Crippen molar-refractivity contribution in [1.29, 1.82) is 0 Å². The molecule has 3 N–H and O–H groups in total. The average Bonchev–Trinajstić information content (AvgIpc) is 2.16. The van der Waals surface area contributed by atoms with Gasteiger partial charge in [0.15, 0.2) is 0 Å². The molecule has 0 radical (unpaired) electrons.